The monoisotopic (exact) mass is 476 g/mol. The number of rotatable bonds is 5. The molecule has 4 rings (SSSR count). The van der Waals surface area contributed by atoms with Crippen LogP contribution in [0.5, 0.6) is 5.75 Å². The van der Waals surface area contributed by atoms with Crippen molar-refractivity contribution in [1.29, 1.82) is 0 Å². The fraction of sp³-hybridized carbons (Fsp3) is 0.174. The van der Waals surface area contributed by atoms with Crippen LogP contribution in [-0.2, 0) is 23.0 Å². The molecule has 0 atom stereocenters. The molecule has 0 unspecified atom stereocenters. The Morgan fingerprint density at radius 1 is 0.939 bits per heavy atom. The van der Waals surface area contributed by atoms with Crippen molar-refractivity contribution in [2.24, 2.45) is 0 Å². The lowest BCUT2D eigenvalue weighted by molar-refractivity contribution is -0.274. The zero-order valence-corrected chi connectivity index (χ0v) is 18.0. The fourth-order valence-electron chi connectivity index (χ4n) is 3.59. The van der Waals surface area contributed by atoms with Gasteiger partial charge in [0.25, 0.3) is 15.9 Å². The van der Waals surface area contributed by atoms with Crippen molar-refractivity contribution in [3.8, 4) is 5.75 Å². The van der Waals surface area contributed by atoms with Gasteiger partial charge < -0.3 is 9.64 Å². The molecule has 1 heterocycles. The number of carbonyl (C=O) groups is 1. The number of sulfonamides is 1. The van der Waals surface area contributed by atoms with E-state index in [1.807, 2.05) is 6.07 Å². The third kappa shape index (κ3) is 5.46. The largest absolute Gasteiger partial charge is 0.573 e. The van der Waals surface area contributed by atoms with Crippen LogP contribution in [-0.4, -0.2) is 32.1 Å². The molecule has 0 aromatic heterocycles. The van der Waals surface area contributed by atoms with Crippen molar-refractivity contribution in [1.82, 2.24) is 4.90 Å². The summed E-state index contributed by atoms with van der Waals surface area (Å²) in [5.74, 6) is -0.619. The molecule has 1 aliphatic heterocycles. The van der Waals surface area contributed by atoms with Crippen molar-refractivity contribution in [2.75, 3.05) is 11.3 Å². The summed E-state index contributed by atoms with van der Waals surface area (Å²) in [6, 6.07) is 17.9. The first-order valence-electron chi connectivity index (χ1n) is 9.95. The third-order valence-electron chi connectivity index (χ3n) is 5.15. The van der Waals surface area contributed by atoms with Crippen LogP contribution < -0.4 is 9.46 Å². The molecular weight excluding hydrogens is 457 g/mol. The normalized spacial score (nSPS) is 13.8. The van der Waals surface area contributed by atoms with E-state index in [-0.39, 0.29) is 10.8 Å². The molecule has 6 nitrogen and oxygen atoms in total. The third-order valence-corrected chi connectivity index (χ3v) is 6.54. The van der Waals surface area contributed by atoms with Gasteiger partial charge in [0.05, 0.1) is 4.90 Å². The first kappa shape index (κ1) is 22.7. The van der Waals surface area contributed by atoms with Crippen molar-refractivity contribution in [2.45, 2.75) is 24.2 Å². The molecule has 0 fully saturated rings. The fourth-order valence-corrected chi connectivity index (χ4v) is 4.64. The predicted molar refractivity (Wildman–Crippen MR) is 115 cm³/mol. The van der Waals surface area contributed by atoms with E-state index in [1.165, 1.54) is 0 Å². The van der Waals surface area contributed by atoms with Gasteiger partial charge in [-0.1, -0.05) is 24.3 Å². The molecule has 0 radical (unpaired) electrons. The maximum absolute atomic E-state index is 12.8. The van der Waals surface area contributed by atoms with E-state index in [0.717, 1.165) is 35.4 Å². The topological polar surface area (TPSA) is 75.7 Å². The SMILES string of the molecule is O=C(c1ccccc1)N1CCc2ccc(NS(=O)(=O)c3ccc(OC(F)(F)F)cc3)cc2C1. The van der Waals surface area contributed by atoms with Crippen LogP contribution >= 0.6 is 0 Å². The predicted octanol–water partition coefficient (Wildman–Crippen LogP) is 4.58. The van der Waals surface area contributed by atoms with Gasteiger partial charge in [-0.2, -0.15) is 0 Å². The van der Waals surface area contributed by atoms with E-state index in [2.05, 4.69) is 9.46 Å². The molecule has 0 saturated carbocycles. The van der Waals surface area contributed by atoms with E-state index >= 15 is 0 Å². The molecule has 3 aromatic rings. The molecule has 0 aliphatic carbocycles. The number of alkyl halides is 3. The van der Waals surface area contributed by atoms with Gasteiger partial charge in [-0.25, -0.2) is 8.42 Å². The molecular formula is C23H19F3N2O4S. The molecule has 1 N–H and O–H groups in total. The summed E-state index contributed by atoms with van der Waals surface area (Å²) in [7, 11) is -4.04. The second-order valence-electron chi connectivity index (χ2n) is 7.45. The van der Waals surface area contributed by atoms with Crippen molar-refractivity contribution < 1.29 is 31.1 Å². The number of hydrogen-bond acceptors (Lipinski definition) is 4. The molecule has 0 bridgehead atoms. The number of ether oxygens (including phenoxy) is 1. The maximum Gasteiger partial charge on any atom is 0.573 e. The van der Waals surface area contributed by atoms with Crippen LogP contribution in [0.1, 0.15) is 21.5 Å². The Bertz CT molecular complexity index is 1260. The zero-order valence-electron chi connectivity index (χ0n) is 17.2. The van der Waals surface area contributed by atoms with Gasteiger partial charge in [-0.05, 0) is 66.1 Å². The Morgan fingerprint density at radius 2 is 1.64 bits per heavy atom. The minimum Gasteiger partial charge on any atom is -0.406 e. The summed E-state index contributed by atoms with van der Waals surface area (Å²) >= 11 is 0. The lowest BCUT2D eigenvalue weighted by atomic mass is 9.98. The van der Waals surface area contributed by atoms with Gasteiger partial charge in [0, 0.05) is 24.3 Å². The van der Waals surface area contributed by atoms with E-state index < -0.39 is 22.1 Å². The van der Waals surface area contributed by atoms with Gasteiger partial charge >= 0.3 is 6.36 Å². The van der Waals surface area contributed by atoms with E-state index in [9.17, 15) is 26.4 Å². The van der Waals surface area contributed by atoms with Crippen LogP contribution in [0, 0.1) is 0 Å². The number of hydrogen-bond donors (Lipinski definition) is 1. The van der Waals surface area contributed by atoms with Crippen molar-refractivity contribution in [3.05, 3.63) is 89.5 Å². The first-order chi connectivity index (χ1) is 15.6. The highest BCUT2D eigenvalue weighted by atomic mass is 32.2. The lowest BCUT2D eigenvalue weighted by Gasteiger charge is -2.29. The molecule has 10 heteroatoms. The lowest BCUT2D eigenvalue weighted by Crippen LogP contribution is -2.36. The van der Waals surface area contributed by atoms with Crippen LogP contribution in [0.2, 0.25) is 0 Å². The highest BCUT2D eigenvalue weighted by Gasteiger charge is 2.31. The van der Waals surface area contributed by atoms with Crippen molar-refractivity contribution in [3.63, 3.8) is 0 Å². The average molecular weight is 476 g/mol. The average Bonchev–Trinajstić information content (AvgIpc) is 2.78. The molecule has 172 valence electrons. The zero-order chi connectivity index (χ0) is 23.6. The minimum absolute atomic E-state index is 0.103. The van der Waals surface area contributed by atoms with E-state index in [4.69, 9.17) is 0 Å². The summed E-state index contributed by atoms with van der Waals surface area (Å²) < 4.78 is 68.5. The van der Waals surface area contributed by atoms with E-state index in [0.29, 0.717) is 30.8 Å². The standard InChI is InChI=1S/C23H19F3N2O4S/c24-23(25,26)32-20-8-10-21(11-9-20)33(30,31)27-19-7-6-16-12-13-28(15-18(16)14-19)22(29)17-4-2-1-3-5-17/h1-11,14,27H,12-13,15H2. The molecule has 1 aliphatic rings. The second kappa shape index (κ2) is 8.78. The van der Waals surface area contributed by atoms with Crippen molar-refractivity contribution >= 4 is 21.6 Å². The highest BCUT2D eigenvalue weighted by molar-refractivity contribution is 7.92. The summed E-state index contributed by atoms with van der Waals surface area (Å²) in [6.07, 6.45) is -4.22. The number of nitrogens with zero attached hydrogens (tertiary/aromatic N) is 1. The minimum atomic E-state index is -4.86. The number of nitrogens with one attached hydrogen (secondary N) is 1. The Morgan fingerprint density at radius 3 is 2.30 bits per heavy atom. The summed E-state index contributed by atoms with van der Waals surface area (Å²) in [5.41, 5.74) is 2.71. The number of anilines is 1. The number of carbonyl (C=O) groups excluding carboxylic acids is 1. The highest BCUT2D eigenvalue weighted by Crippen LogP contribution is 2.27. The number of halogens is 3. The quantitative estimate of drug-likeness (QED) is 0.585. The Kier molecular flexibility index (Phi) is 6.03. The molecule has 1 amide bonds. The Balaban J connectivity index is 1.49. The van der Waals surface area contributed by atoms with Gasteiger partial charge in [0.2, 0.25) is 0 Å². The molecule has 33 heavy (non-hydrogen) atoms. The van der Waals surface area contributed by atoms with Gasteiger partial charge in [-0.15, -0.1) is 13.2 Å². The summed E-state index contributed by atoms with van der Waals surface area (Å²) in [6.45, 7) is 0.889. The second-order valence-corrected chi connectivity index (χ2v) is 9.13. The maximum atomic E-state index is 12.8. The molecule has 0 saturated heterocycles. The van der Waals surface area contributed by atoms with Gasteiger partial charge in [-0.3, -0.25) is 9.52 Å². The molecule has 3 aromatic carbocycles. The van der Waals surface area contributed by atoms with Crippen LogP contribution in [0.15, 0.2) is 77.7 Å². The van der Waals surface area contributed by atoms with Crippen LogP contribution in [0.4, 0.5) is 18.9 Å². The number of fused-ring (bicyclic) bond motifs is 1. The van der Waals surface area contributed by atoms with Gasteiger partial charge in [0.15, 0.2) is 0 Å². The number of amides is 1. The van der Waals surface area contributed by atoms with Crippen LogP contribution in [0.25, 0.3) is 0 Å². The van der Waals surface area contributed by atoms with E-state index in [1.54, 1.807) is 47.4 Å². The Hall–Kier alpha value is -3.53. The van der Waals surface area contributed by atoms with Crippen LogP contribution in [0.3, 0.4) is 0 Å². The number of benzene rings is 3. The smallest absolute Gasteiger partial charge is 0.406 e. The molecule has 0 spiro atoms. The van der Waals surface area contributed by atoms with Gasteiger partial charge in [0.1, 0.15) is 5.75 Å². The summed E-state index contributed by atoms with van der Waals surface area (Å²) in [4.78, 5) is 14.2. The first-order valence-corrected chi connectivity index (χ1v) is 11.4. The Labute approximate surface area is 188 Å². The summed E-state index contributed by atoms with van der Waals surface area (Å²) in [5, 5.41) is 0.